The fraction of sp³-hybridized carbons (Fsp3) is 0.458. The van der Waals surface area contributed by atoms with Gasteiger partial charge in [-0.15, -0.1) is 0 Å². The number of benzene rings is 2. The molecule has 0 amide bonds. The molecule has 0 aliphatic carbocycles. The van der Waals surface area contributed by atoms with E-state index in [1.807, 2.05) is 31.3 Å². The van der Waals surface area contributed by atoms with Crippen LogP contribution in [0.25, 0.3) is 0 Å². The van der Waals surface area contributed by atoms with Gasteiger partial charge < -0.3 is 20.1 Å². The van der Waals surface area contributed by atoms with E-state index in [9.17, 15) is 0 Å². The minimum absolute atomic E-state index is 0.302. The van der Waals surface area contributed by atoms with Crippen molar-refractivity contribution in [3.63, 3.8) is 0 Å². The van der Waals surface area contributed by atoms with E-state index in [1.54, 1.807) is 14.2 Å². The summed E-state index contributed by atoms with van der Waals surface area (Å²) in [7, 11) is 5.20. The second-order valence-corrected chi connectivity index (χ2v) is 7.54. The van der Waals surface area contributed by atoms with Crippen LogP contribution in [0.5, 0.6) is 11.5 Å². The summed E-state index contributed by atoms with van der Waals surface area (Å²) in [6.45, 7) is 3.78. The van der Waals surface area contributed by atoms with Gasteiger partial charge in [-0.3, -0.25) is 9.89 Å². The van der Waals surface area contributed by atoms with Crippen molar-refractivity contribution in [1.82, 2.24) is 15.5 Å². The van der Waals surface area contributed by atoms with Crippen molar-refractivity contribution in [2.24, 2.45) is 4.99 Å². The van der Waals surface area contributed by atoms with Crippen LogP contribution in [-0.2, 0) is 6.54 Å². The number of guanidine groups is 1. The van der Waals surface area contributed by atoms with E-state index in [0.29, 0.717) is 12.6 Å². The Morgan fingerprint density at radius 2 is 1.50 bits per heavy atom. The summed E-state index contributed by atoms with van der Waals surface area (Å²) < 4.78 is 10.6. The van der Waals surface area contributed by atoms with Gasteiger partial charge in [0.05, 0.1) is 20.3 Å². The molecule has 1 unspecified atom stereocenters. The van der Waals surface area contributed by atoms with Crippen LogP contribution in [0.2, 0.25) is 0 Å². The Kier molecular flexibility index (Phi) is 8.39. The second-order valence-electron chi connectivity index (χ2n) is 7.54. The second kappa shape index (κ2) is 11.5. The normalized spacial score (nSPS) is 16.0. The number of piperidine rings is 1. The summed E-state index contributed by atoms with van der Waals surface area (Å²) in [5.41, 5.74) is 2.48. The highest BCUT2D eigenvalue weighted by Crippen LogP contribution is 2.25. The first-order chi connectivity index (χ1) is 14.7. The molecule has 1 aliphatic rings. The number of methoxy groups -OCH3 is 2. The smallest absolute Gasteiger partial charge is 0.191 e. The summed E-state index contributed by atoms with van der Waals surface area (Å²) >= 11 is 0. The molecule has 1 atom stereocenters. The molecule has 0 spiro atoms. The third-order valence-electron chi connectivity index (χ3n) is 5.64. The Morgan fingerprint density at radius 1 is 0.900 bits per heavy atom. The summed E-state index contributed by atoms with van der Waals surface area (Å²) in [5.74, 6) is 2.56. The number of nitrogens with one attached hydrogen (secondary N) is 2. The molecule has 2 aromatic rings. The topological polar surface area (TPSA) is 58.1 Å². The molecular formula is C24H34N4O2. The molecule has 162 valence electrons. The monoisotopic (exact) mass is 410 g/mol. The Morgan fingerprint density at radius 3 is 2.07 bits per heavy atom. The average molecular weight is 411 g/mol. The van der Waals surface area contributed by atoms with Crippen LogP contribution in [0.1, 0.15) is 36.4 Å². The maximum absolute atomic E-state index is 5.33. The minimum atomic E-state index is 0.302. The van der Waals surface area contributed by atoms with Gasteiger partial charge in [0.2, 0.25) is 0 Å². The number of nitrogens with zero attached hydrogens (tertiary/aromatic N) is 2. The molecule has 0 radical (unpaired) electrons. The molecule has 1 aliphatic heterocycles. The van der Waals surface area contributed by atoms with Crippen molar-refractivity contribution >= 4 is 5.96 Å². The van der Waals surface area contributed by atoms with Crippen LogP contribution < -0.4 is 20.1 Å². The molecule has 2 N–H and O–H groups in total. The van der Waals surface area contributed by atoms with E-state index < -0.39 is 0 Å². The number of likely N-dealkylation sites (tertiary alicyclic amines) is 1. The molecule has 6 heteroatoms. The lowest BCUT2D eigenvalue weighted by Gasteiger charge is -2.35. The zero-order chi connectivity index (χ0) is 21.2. The van der Waals surface area contributed by atoms with Gasteiger partial charge in [0.1, 0.15) is 11.5 Å². The van der Waals surface area contributed by atoms with Crippen molar-refractivity contribution in [3.8, 4) is 11.5 Å². The number of hydrogen-bond acceptors (Lipinski definition) is 4. The largest absolute Gasteiger partial charge is 0.497 e. The standard InChI is InChI=1S/C24H34N4O2/c1-25-24(26-17-19-7-11-21(29-2)12-8-19)27-18-23(28-15-5-4-6-16-28)20-9-13-22(30-3)14-10-20/h7-14,23H,4-6,15-18H2,1-3H3,(H2,25,26,27). The summed E-state index contributed by atoms with van der Waals surface area (Å²) in [5, 5.41) is 6.94. The molecule has 1 fully saturated rings. The van der Waals surface area contributed by atoms with Crippen molar-refractivity contribution in [3.05, 3.63) is 59.7 Å². The van der Waals surface area contributed by atoms with Crippen LogP contribution >= 0.6 is 0 Å². The minimum Gasteiger partial charge on any atom is -0.497 e. The van der Waals surface area contributed by atoms with Gasteiger partial charge in [-0.2, -0.15) is 0 Å². The summed E-state index contributed by atoms with van der Waals surface area (Å²) in [4.78, 5) is 6.98. The number of hydrogen-bond donors (Lipinski definition) is 2. The third kappa shape index (κ3) is 6.13. The molecular weight excluding hydrogens is 376 g/mol. The molecule has 1 heterocycles. The lowest BCUT2D eigenvalue weighted by molar-refractivity contribution is 0.164. The first-order valence-electron chi connectivity index (χ1n) is 10.7. The van der Waals surface area contributed by atoms with E-state index in [2.05, 4.69) is 44.8 Å². The van der Waals surface area contributed by atoms with Gasteiger partial charge in [0.25, 0.3) is 0 Å². The van der Waals surface area contributed by atoms with Gasteiger partial charge in [-0.1, -0.05) is 30.7 Å². The summed E-state index contributed by atoms with van der Waals surface area (Å²) in [6, 6.07) is 16.8. The van der Waals surface area contributed by atoms with Gasteiger partial charge >= 0.3 is 0 Å². The first kappa shape index (κ1) is 22.0. The van der Waals surface area contributed by atoms with Crippen LogP contribution in [0, 0.1) is 0 Å². The zero-order valence-electron chi connectivity index (χ0n) is 18.4. The van der Waals surface area contributed by atoms with Gasteiger partial charge in [0.15, 0.2) is 5.96 Å². The lowest BCUT2D eigenvalue weighted by Crippen LogP contribution is -2.44. The van der Waals surface area contributed by atoms with Crippen LogP contribution in [0.15, 0.2) is 53.5 Å². The van der Waals surface area contributed by atoms with Crippen molar-refractivity contribution in [2.45, 2.75) is 31.8 Å². The van der Waals surface area contributed by atoms with E-state index in [-0.39, 0.29) is 0 Å². The maximum Gasteiger partial charge on any atom is 0.191 e. The molecule has 6 nitrogen and oxygen atoms in total. The average Bonchev–Trinajstić information content (AvgIpc) is 2.82. The Bertz CT molecular complexity index is 784. The van der Waals surface area contributed by atoms with E-state index in [0.717, 1.165) is 37.1 Å². The number of rotatable bonds is 8. The molecule has 0 bridgehead atoms. The zero-order valence-corrected chi connectivity index (χ0v) is 18.4. The first-order valence-corrected chi connectivity index (χ1v) is 10.7. The van der Waals surface area contributed by atoms with Crippen LogP contribution in [-0.4, -0.2) is 51.8 Å². The molecule has 3 rings (SSSR count). The highest BCUT2D eigenvalue weighted by Gasteiger charge is 2.22. The van der Waals surface area contributed by atoms with E-state index in [1.165, 1.54) is 30.4 Å². The number of aliphatic imine (C=N–C) groups is 1. The van der Waals surface area contributed by atoms with E-state index in [4.69, 9.17) is 9.47 Å². The van der Waals surface area contributed by atoms with Gasteiger partial charge in [-0.05, 0) is 61.3 Å². The predicted octanol–water partition coefficient (Wildman–Crippen LogP) is 3.60. The quantitative estimate of drug-likeness (QED) is 0.514. The Labute approximate surface area is 180 Å². The molecule has 0 aromatic heterocycles. The van der Waals surface area contributed by atoms with E-state index >= 15 is 0 Å². The highest BCUT2D eigenvalue weighted by molar-refractivity contribution is 5.79. The van der Waals surface area contributed by atoms with Gasteiger partial charge in [0, 0.05) is 20.1 Å². The molecule has 1 saturated heterocycles. The Balaban J connectivity index is 1.61. The third-order valence-corrected chi connectivity index (χ3v) is 5.64. The van der Waals surface area contributed by atoms with Crippen LogP contribution in [0.3, 0.4) is 0 Å². The van der Waals surface area contributed by atoms with Crippen molar-refractivity contribution < 1.29 is 9.47 Å². The SMILES string of the molecule is CN=C(NCc1ccc(OC)cc1)NCC(c1ccc(OC)cc1)N1CCCCC1. The Hall–Kier alpha value is -2.73. The maximum atomic E-state index is 5.33. The fourth-order valence-corrected chi connectivity index (χ4v) is 3.86. The van der Waals surface area contributed by atoms with Crippen molar-refractivity contribution in [1.29, 1.82) is 0 Å². The van der Waals surface area contributed by atoms with Crippen LogP contribution in [0.4, 0.5) is 0 Å². The molecule has 30 heavy (non-hydrogen) atoms. The fourth-order valence-electron chi connectivity index (χ4n) is 3.86. The highest BCUT2D eigenvalue weighted by atomic mass is 16.5. The van der Waals surface area contributed by atoms with Crippen molar-refractivity contribution in [2.75, 3.05) is 40.9 Å². The molecule has 2 aromatic carbocycles. The lowest BCUT2D eigenvalue weighted by atomic mass is 10.0. The summed E-state index contributed by atoms with van der Waals surface area (Å²) in [6.07, 6.45) is 3.85. The predicted molar refractivity (Wildman–Crippen MR) is 122 cm³/mol. The molecule has 0 saturated carbocycles. The van der Waals surface area contributed by atoms with Gasteiger partial charge in [-0.25, -0.2) is 0 Å². The number of ether oxygens (including phenoxy) is 2.